The summed E-state index contributed by atoms with van der Waals surface area (Å²) in [6.45, 7) is 6.51. The Morgan fingerprint density at radius 1 is 1.14 bits per heavy atom. The minimum absolute atomic E-state index is 0.181. The van der Waals surface area contributed by atoms with Crippen molar-refractivity contribution in [1.29, 1.82) is 0 Å². The quantitative estimate of drug-likeness (QED) is 0.554. The summed E-state index contributed by atoms with van der Waals surface area (Å²) in [5.74, 6) is 0. The number of hydrogen-bond donors (Lipinski definition) is 2. The molecule has 3 heteroatoms. The zero-order chi connectivity index (χ0) is 10.8. The van der Waals surface area contributed by atoms with Crippen LogP contribution in [0.15, 0.2) is 0 Å². The minimum Gasteiger partial charge on any atom is -0.395 e. The third-order valence-corrected chi connectivity index (χ3v) is 2.27. The molecule has 0 amide bonds. The Labute approximate surface area is 87.7 Å². The number of aliphatic hydroxyl groups is 2. The van der Waals surface area contributed by atoms with Crippen LogP contribution in [0.2, 0.25) is 0 Å². The summed E-state index contributed by atoms with van der Waals surface area (Å²) in [5.41, 5.74) is 0. The van der Waals surface area contributed by atoms with E-state index in [2.05, 4.69) is 11.8 Å². The molecule has 0 bridgehead atoms. The van der Waals surface area contributed by atoms with Gasteiger partial charge in [0, 0.05) is 13.1 Å². The smallest absolute Gasteiger partial charge is 0.0639 e. The molecule has 0 saturated heterocycles. The Morgan fingerprint density at radius 2 is 1.86 bits per heavy atom. The van der Waals surface area contributed by atoms with Crippen LogP contribution in [0.3, 0.4) is 0 Å². The van der Waals surface area contributed by atoms with Crippen molar-refractivity contribution in [2.75, 3.05) is 26.2 Å². The van der Waals surface area contributed by atoms with Gasteiger partial charge < -0.3 is 10.2 Å². The van der Waals surface area contributed by atoms with Gasteiger partial charge in [-0.1, -0.05) is 26.2 Å². The lowest BCUT2D eigenvalue weighted by Gasteiger charge is -2.22. The highest BCUT2D eigenvalue weighted by atomic mass is 16.3. The molecule has 1 atom stereocenters. The molecule has 0 heterocycles. The van der Waals surface area contributed by atoms with E-state index in [1.54, 1.807) is 6.92 Å². The van der Waals surface area contributed by atoms with Crippen molar-refractivity contribution in [1.82, 2.24) is 4.90 Å². The highest BCUT2D eigenvalue weighted by molar-refractivity contribution is 4.61. The van der Waals surface area contributed by atoms with Gasteiger partial charge in [-0.05, 0) is 19.9 Å². The number of aliphatic hydroxyl groups excluding tert-OH is 2. The second-order valence-corrected chi connectivity index (χ2v) is 3.93. The fraction of sp³-hybridized carbons (Fsp3) is 1.00. The topological polar surface area (TPSA) is 43.7 Å². The van der Waals surface area contributed by atoms with E-state index in [0.717, 1.165) is 6.54 Å². The highest BCUT2D eigenvalue weighted by Crippen LogP contribution is 2.02. The largest absolute Gasteiger partial charge is 0.395 e. The SMILES string of the molecule is CCCCCCN(CCO)CC(C)O. The van der Waals surface area contributed by atoms with Crippen LogP contribution in [-0.4, -0.2) is 47.5 Å². The fourth-order valence-corrected chi connectivity index (χ4v) is 1.57. The number of unbranched alkanes of at least 4 members (excludes halogenated alkanes) is 3. The first-order chi connectivity index (χ1) is 6.70. The van der Waals surface area contributed by atoms with Crippen molar-refractivity contribution >= 4 is 0 Å². The van der Waals surface area contributed by atoms with E-state index in [4.69, 9.17) is 5.11 Å². The summed E-state index contributed by atoms with van der Waals surface area (Å²) in [5, 5.41) is 18.1. The van der Waals surface area contributed by atoms with Crippen molar-refractivity contribution < 1.29 is 10.2 Å². The highest BCUT2D eigenvalue weighted by Gasteiger charge is 2.06. The van der Waals surface area contributed by atoms with Gasteiger partial charge in [0.05, 0.1) is 12.7 Å². The maximum absolute atomic E-state index is 9.23. The Morgan fingerprint density at radius 3 is 2.36 bits per heavy atom. The van der Waals surface area contributed by atoms with Crippen LogP contribution in [0.5, 0.6) is 0 Å². The number of nitrogens with zero attached hydrogens (tertiary/aromatic N) is 1. The van der Waals surface area contributed by atoms with Gasteiger partial charge in [-0.15, -0.1) is 0 Å². The summed E-state index contributed by atoms with van der Waals surface area (Å²) in [4.78, 5) is 2.13. The average Bonchev–Trinajstić information content (AvgIpc) is 2.12. The van der Waals surface area contributed by atoms with Gasteiger partial charge in [0.1, 0.15) is 0 Å². The molecule has 0 spiro atoms. The lowest BCUT2D eigenvalue weighted by Crippen LogP contribution is -2.34. The third kappa shape index (κ3) is 8.48. The van der Waals surface area contributed by atoms with Crippen LogP contribution in [0.1, 0.15) is 39.5 Å². The molecule has 0 rings (SSSR count). The van der Waals surface area contributed by atoms with E-state index < -0.39 is 0 Å². The van der Waals surface area contributed by atoms with Gasteiger partial charge in [0.25, 0.3) is 0 Å². The fourth-order valence-electron chi connectivity index (χ4n) is 1.57. The predicted octanol–water partition coefficient (Wildman–Crippen LogP) is 1.24. The number of rotatable bonds is 9. The molecular formula is C11H25NO2. The first-order valence-corrected chi connectivity index (χ1v) is 5.72. The monoisotopic (exact) mass is 203 g/mol. The molecule has 0 aromatic carbocycles. The maximum atomic E-state index is 9.23. The third-order valence-electron chi connectivity index (χ3n) is 2.27. The zero-order valence-electron chi connectivity index (χ0n) is 9.58. The van der Waals surface area contributed by atoms with Gasteiger partial charge in [-0.25, -0.2) is 0 Å². The summed E-state index contributed by atoms with van der Waals surface area (Å²) in [6.07, 6.45) is 4.64. The molecule has 86 valence electrons. The molecule has 0 aliphatic carbocycles. The zero-order valence-corrected chi connectivity index (χ0v) is 9.58. The second kappa shape index (κ2) is 9.44. The summed E-state index contributed by atoms with van der Waals surface area (Å²) >= 11 is 0. The van der Waals surface area contributed by atoms with Crippen molar-refractivity contribution in [2.24, 2.45) is 0 Å². The van der Waals surface area contributed by atoms with Crippen molar-refractivity contribution in [3.05, 3.63) is 0 Å². The molecule has 0 aliphatic rings. The first-order valence-electron chi connectivity index (χ1n) is 5.72. The van der Waals surface area contributed by atoms with E-state index in [-0.39, 0.29) is 12.7 Å². The maximum Gasteiger partial charge on any atom is 0.0639 e. The Bertz CT molecular complexity index is 118. The van der Waals surface area contributed by atoms with E-state index in [1.807, 2.05) is 0 Å². The minimum atomic E-state index is -0.298. The van der Waals surface area contributed by atoms with Crippen molar-refractivity contribution in [2.45, 2.75) is 45.6 Å². The Balaban J connectivity index is 3.51. The van der Waals surface area contributed by atoms with Gasteiger partial charge in [-0.3, -0.25) is 4.90 Å². The number of hydrogen-bond acceptors (Lipinski definition) is 3. The van der Waals surface area contributed by atoms with Gasteiger partial charge >= 0.3 is 0 Å². The predicted molar refractivity (Wildman–Crippen MR) is 59.3 cm³/mol. The average molecular weight is 203 g/mol. The van der Waals surface area contributed by atoms with Crippen LogP contribution in [0, 0.1) is 0 Å². The van der Waals surface area contributed by atoms with E-state index in [9.17, 15) is 5.11 Å². The molecule has 0 aliphatic heterocycles. The van der Waals surface area contributed by atoms with Crippen LogP contribution >= 0.6 is 0 Å². The molecule has 14 heavy (non-hydrogen) atoms. The van der Waals surface area contributed by atoms with E-state index in [0.29, 0.717) is 13.1 Å². The normalized spacial score (nSPS) is 13.5. The molecule has 2 N–H and O–H groups in total. The molecule has 0 saturated carbocycles. The Kier molecular flexibility index (Phi) is 9.35. The standard InChI is InChI=1S/C11H25NO2/c1-3-4-5-6-7-12(8-9-13)10-11(2)14/h11,13-14H,3-10H2,1-2H3. The van der Waals surface area contributed by atoms with Crippen LogP contribution in [-0.2, 0) is 0 Å². The van der Waals surface area contributed by atoms with E-state index >= 15 is 0 Å². The first kappa shape index (κ1) is 13.9. The van der Waals surface area contributed by atoms with Gasteiger partial charge in [0.2, 0.25) is 0 Å². The molecule has 0 radical (unpaired) electrons. The molecular weight excluding hydrogens is 178 g/mol. The molecule has 1 unspecified atom stereocenters. The van der Waals surface area contributed by atoms with Crippen LogP contribution in [0.25, 0.3) is 0 Å². The van der Waals surface area contributed by atoms with Gasteiger partial charge in [0.15, 0.2) is 0 Å². The van der Waals surface area contributed by atoms with Crippen LogP contribution < -0.4 is 0 Å². The van der Waals surface area contributed by atoms with Crippen molar-refractivity contribution in [3.8, 4) is 0 Å². The second-order valence-electron chi connectivity index (χ2n) is 3.93. The summed E-state index contributed by atoms with van der Waals surface area (Å²) in [6, 6.07) is 0. The molecule has 0 fully saturated rings. The van der Waals surface area contributed by atoms with E-state index in [1.165, 1.54) is 25.7 Å². The summed E-state index contributed by atoms with van der Waals surface area (Å²) in [7, 11) is 0. The lowest BCUT2D eigenvalue weighted by molar-refractivity contribution is 0.110. The molecule has 0 aromatic heterocycles. The van der Waals surface area contributed by atoms with Crippen LogP contribution in [0.4, 0.5) is 0 Å². The summed E-state index contributed by atoms with van der Waals surface area (Å²) < 4.78 is 0. The molecule has 0 aromatic rings. The Hall–Kier alpha value is -0.120. The van der Waals surface area contributed by atoms with Gasteiger partial charge in [-0.2, -0.15) is 0 Å². The molecule has 3 nitrogen and oxygen atoms in total. The van der Waals surface area contributed by atoms with Crippen molar-refractivity contribution in [3.63, 3.8) is 0 Å². The lowest BCUT2D eigenvalue weighted by atomic mass is 10.2.